The predicted octanol–water partition coefficient (Wildman–Crippen LogP) is 2.22. The number of hydrogen-bond donors (Lipinski definition) is 0. The Hall–Kier alpha value is -1.04. The zero-order valence-corrected chi connectivity index (χ0v) is 15.8. The van der Waals surface area contributed by atoms with Gasteiger partial charge in [-0.25, -0.2) is 0 Å². The summed E-state index contributed by atoms with van der Waals surface area (Å²) in [5, 5.41) is 0. The van der Waals surface area contributed by atoms with Crippen molar-refractivity contribution in [2.24, 2.45) is 0 Å². The Morgan fingerprint density at radius 2 is 1.16 bits per heavy atom. The summed E-state index contributed by atoms with van der Waals surface area (Å²) in [6.07, 6.45) is 6.47. The molecule has 11 heteroatoms. The summed E-state index contributed by atoms with van der Waals surface area (Å²) in [4.78, 5) is 0. The first-order valence-electron chi connectivity index (χ1n) is 7.53. The minimum Gasteiger partial charge on any atom is -0.473 e. The molecule has 0 fully saturated rings. The molecule has 0 aromatic carbocycles. The van der Waals surface area contributed by atoms with Crippen molar-refractivity contribution in [3.63, 3.8) is 0 Å². The van der Waals surface area contributed by atoms with Gasteiger partial charge in [0.1, 0.15) is 11.5 Å². The van der Waals surface area contributed by atoms with Gasteiger partial charge in [0.25, 0.3) is 0 Å². The summed E-state index contributed by atoms with van der Waals surface area (Å²) in [5.41, 5.74) is 0. The Morgan fingerprint density at radius 1 is 0.800 bits per heavy atom. The highest BCUT2D eigenvalue weighted by atomic mass is 32.3. The highest BCUT2D eigenvalue weighted by Crippen LogP contribution is 2.02. The first-order valence-corrected chi connectivity index (χ1v) is 10.6. The normalized spacial score (nSPS) is 15.7. The molecule has 0 heterocycles. The van der Waals surface area contributed by atoms with Crippen LogP contribution >= 0.6 is 0 Å². The number of halogens is 2. The summed E-state index contributed by atoms with van der Waals surface area (Å²) in [6.45, 7) is 3.00. The quantitative estimate of drug-likeness (QED) is 0.322. The van der Waals surface area contributed by atoms with Crippen LogP contribution in [-0.4, -0.2) is 53.8 Å². The molecule has 0 bridgehead atoms. The van der Waals surface area contributed by atoms with Gasteiger partial charge in [-0.05, 0) is 38.8 Å². The van der Waals surface area contributed by atoms with Crippen LogP contribution in [0.2, 0.25) is 0 Å². The lowest BCUT2D eigenvalue weighted by Gasteiger charge is -2.09. The highest BCUT2D eigenvalue weighted by Gasteiger charge is 2.09. The lowest BCUT2D eigenvalue weighted by atomic mass is 10.3. The SMILES string of the molecule is CC(CC=COC=CCC(C)OCCS(=O)(=O)F)OCCS(=O)(=O)F. The number of ether oxygens (including phenoxy) is 3. The van der Waals surface area contributed by atoms with Crippen molar-refractivity contribution < 1.29 is 38.8 Å². The average molecular weight is 406 g/mol. The fourth-order valence-corrected chi connectivity index (χ4v) is 2.08. The van der Waals surface area contributed by atoms with Crippen LogP contribution in [0.15, 0.2) is 24.7 Å². The topological polar surface area (TPSA) is 96.0 Å². The van der Waals surface area contributed by atoms with Gasteiger partial charge in [-0.15, -0.1) is 7.77 Å². The molecule has 0 radical (unpaired) electrons. The van der Waals surface area contributed by atoms with E-state index in [0.717, 1.165) is 0 Å². The molecule has 25 heavy (non-hydrogen) atoms. The molecule has 2 unspecified atom stereocenters. The minimum absolute atomic E-state index is 0.212. The van der Waals surface area contributed by atoms with Crippen molar-refractivity contribution in [2.45, 2.75) is 38.9 Å². The van der Waals surface area contributed by atoms with Gasteiger partial charge >= 0.3 is 20.4 Å². The van der Waals surface area contributed by atoms with Crippen molar-refractivity contribution in [1.29, 1.82) is 0 Å². The van der Waals surface area contributed by atoms with Crippen molar-refractivity contribution in [1.82, 2.24) is 0 Å². The molecule has 0 saturated heterocycles. The third-order valence-electron chi connectivity index (χ3n) is 2.74. The molecular weight excluding hydrogens is 382 g/mol. The van der Waals surface area contributed by atoms with Crippen LogP contribution in [0.25, 0.3) is 0 Å². The van der Waals surface area contributed by atoms with Crippen LogP contribution < -0.4 is 0 Å². The molecule has 2 atom stereocenters. The molecule has 0 aliphatic heterocycles. The van der Waals surface area contributed by atoms with E-state index in [2.05, 4.69) is 0 Å². The van der Waals surface area contributed by atoms with E-state index in [1.807, 2.05) is 0 Å². The largest absolute Gasteiger partial charge is 0.473 e. The van der Waals surface area contributed by atoms with Crippen LogP contribution in [0.4, 0.5) is 7.77 Å². The maximum absolute atomic E-state index is 12.2. The Bertz CT molecular complexity index is 561. The number of rotatable bonds is 14. The summed E-state index contributed by atoms with van der Waals surface area (Å²) in [7, 11) is -9.02. The summed E-state index contributed by atoms with van der Waals surface area (Å²) in [5.74, 6) is -1.34. The second-order valence-electron chi connectivity index (χ2n) is 5.20. The van der Waals surface area contributed by atoms with Gasteiger partial charge in [-0.1, -0.05) is 0 Å². The van der Waals surface area contributed by atoms with Gasteiger partial charge in [-0.3, -0.25) is 0 Å². The zero-order valence-electron chi connectivity index (χ0n) is 14.1. The van der Waals surface area contributed by atoms with Crippen LogP contribution in [-0.2, 0) is 34.7 Å². The molecule has 0 aromatic heterocycles. The second-order valence-corrected chi connectivity index (χ2v) is 8.17. The molecule has 0 rings (SSSR count). The maximum atomic E-state index is 12.2. The molecule has 0 spiro atoms. The molecule has 0 N–H and O–H groups in total. The molecule has 0 amide bonds. The summed E-state index contributed by atoms with van der Waals surface area (Å²) in [6, 6.07) is 0. The summed E-state index contributed by atoms with van der Waals surface area (Å²) < 4.78 is 80.9. The molecule has 0 aromatic rings. The smallest absolute Gasteiger partial charge is 0.304 e. The Labute approximate surface area is 148 Å². The second kappa shape index (κ2) is 12.3. The van der Waals surface area contributed by atoms with E-state index in [9.17, 15) is 24.6 Å². The molecular formula is C14H24F2O7S2. The van der Waals surface area contributed by atoms with Crippen molar-refractivity contribution in [3.05, 3.63) is 24.7 Å². The van der Waals surface area contributed by atoms with Crippen LogP contribution in [0.1, 0.15) is 26.7 Å². The van der Waals surface area contributed by atoms with Gasteiger partial charge < -0.3 is 14.2 Å². The third kappa shape index (κ3) is 19.1. The van der Waals surface area contributed by atoms with Gasteiger partial charge in [0, 0.05) is 0 Å². The standard InChI is InChI=1S/C14H24F2O7S2/c1-13(22-9-11-24(15,17)18)5-3-7-21-8-4-6-14(2)23-10-12-25(16,19)20/h3-4,7-8,13-14H,5-6,9-12H2,1-2H3. The van der Waals surface area contributed by atoms with E-state index in [1.54, 1.807) is 26.0 Å². The van der Waals surface area contributed by atoms with Crippen molar-refractivity contribution >= 4 is 20.4 Å². The van der Waals surface area contributed by atoms with Gasteiger partial charge in [0.2, 0.25) is 0 Å². The Morgan fingerprint density at radius 3 is 1.48 bits per heavy atom. The Balaban J connectivity index is 3.74. The number of hydrogen-bond acceptors (Lipinski definition) is 7. The van der Waals surface area contributed by atoms with Gasteiger partial charge in [-0.2, -0.15) is 16.8 Å². The molecule has 148 valence electrons. The molecule has 0 saturated carbocycles. The van der Waals surface area contributed by atoms with Gasteiger partial charge in [0.15, 0.2) is 0 Å². The maximum Gasteiger partial charge on any atom is 0.304 e. The summed E-state index contributed by atoms with van der Waals surface area (Å²) >= 11 is 0. The zero-order chi connectivity index (χ0) is 19.3. The van der Waals surface area contributed by atoms with E-state index >= 15 is 0 Å². The lowest BCUT2D eigenvalue weighted by Crippen LogP contribution is -2.13. The van der Waals surface area contributed by atoms with E-state index in [1.165, 1.54) is 12.5 Å². The average Bonchev–Trinajstić information content (AvgIpc) is 2.43. The van der Waals surface area contributed by atoms with Crippen LogP contribution in [0, 0.1) is 0 Å². The van der Waals surface area contributed by atoms with Gasteiger partial charge in [0.05, 0.1) is 37.9 Å². The Kier molecular flexibility index (Phi) is 11.8. The van der Waals surface area contributed by atoms with Crippen molar-refractivity contribution in [2.75, 3.05) is 24.7 Å². The first-order chi connectivity index (χ1) is 11.5. The van der Waals surface area contributed by atoms with E-state index in [0.29, 0.717) is 12.8 Å². The van der Waals surface area contributed by atoms with Crippen molar-refractivity contribution in [3.8, 4) is 0 Å². The molecule has 0 aliphatic carbocycles. The minimum atomic E-state index is -4.51. The molecule has 7 nitrogen and oxygen atoms in total. The molecule has 0 aliphatic rings. The van der Waals surface area contributed by atoms with E-state index in [4.69, 9.17) is 14.2 Å². The third-order valence-corrected chi connectivity index (χ3v) is 4.05. The monoisotopic (exact) mass is 406 g/mol. The first kappa shape index (κ1) is 24.0. The highest BCUT2D eigenvalue weighted by molar-refractivity contribution is 7.86. The van der Waals surface area contributed by atoms with Crippen LogP contribution in [0.3, 0.4) is 0 Å². The fraction of sp³-hybridized carbons (Fsp3) is 0.714. The van der Waals surface area contributed by atoms with E-state index < -0.39 is 32.0 Å². The fourth-order valence-electron chi connectivity index (χ4n) is 1.48. The van der Waals surface area contributed by atoms with E-state index in [-0.39, 0.29) is 25.4 Å². The predicted molar refractivity (Wildman–Crippen MR) is 89.2 cm³/mol. The lowest BCUT2D eigenvalue weighted by molar-refractivity contribution is 0.0791. The van der Waals surface area contributed by atoms with Crippen LogP contribution in [0.5, 0.6) is 0 Å².